The van der Waals surface area contributed by atoms with Crippen molar-refractivity contribution in [3.63, 3.8) is 0 Å². The fourth-order valence-electron chi connectivity index (χ4n) is 4.10. The lowest BCUT2D eigenvalue weighted by Crippen LogP contribution is -2.36. The van der Waals surface area contributed by atoms with E-state index in [1.807, 2.05) is 77.5 Å². The summed E-state index contributed by atoms with van der Waals surface area (Å²) >= 11 is 0. The lowest BCUT2D eigenvalue weighted by atomic mass is 10.1. The highest BCUT2D eigenvalue weighted by Crippen LogP contribution is 2.25. The van der Waals surface area contributed by atoms with Gasteiger partial charge in [0.2, 0.25) is 5.91 Å². The van der Waals surface area contributed by atoms with Crippen molar-refractivity contribution in [3.8, 4) is 11.6 Å². The Kier molecular flexibility index (Phi) is 6.67. The maximum absolute atomic E-state index is 12.6. The van der Waals surface area contributed by atoms with Gasteiger partial charge in [-0.3, -0.25) is 9.36 Å². The van der Waals surface area contributed by atoms with Crippen molar-refractivity contribution in [1.29, 1.82) is 0 Å². The van der Waals surface area contributed by atoms with Gasteiger partial charge in [-0.05, 0) is 35.9 Å². The zero-order chi connectivity index (χ0) is 23.2. The van der Waals surface area contributed by atoms with E-state index in [4.69, 9.17) is 9.47 Å². The van der Waals surface area contributed by atoms with E-state index < -0.39 is 0 Å². The Morgan fingerprint density at radius 1 is 0.941 bits per heavy atom. The van der Waals surface area contributed by atoms with Gasteiger partial charge in [0.15, 0.2) is 11.6 Å². The fourth-order valence-corrected chi connectivity index (χ4v) is 4.10. The van der Waals surface area contributed by atoms with E-state index in [9.17, 15) is 4.79 Å². The van der Waals surface area contributed by atoms with E-state index in [1.54, 1.807) is 0 Å². The number of morpholine rings is 1. The SMILES string of the molecule is O=C(Cc1cn(-c2ccc(N3CCOCC3)nn2)c2ccccc12)NCCOc1ccccc1. The molecule has 1 aliphatic heterocycles. The lowest BCUT2D eigenvalue weighted by molar-refractivity contribution is -0.120. The van der Waals surface area contributed by atoms with E-state index in [0.717, 1.165) is 46.9 Å². The highest BCUT2D eigenvalue weighted by molar-refractivity contribution is 5.90. The molecule has 174 valence electrons. The van der Waals surface area contributed by atoms with Crippen molar-refractivity contribution >= 4 is 22.6 Å². The summed E-state index contributed by atoms with van der Waals surface area (Å²) in [6, 6.07) is 21.6. The van der Waals surface area contributed by atoms with Crippen molar-refractivity contribution in [3.05, 3.63) is 78.5 Å². The predicted octanol–water partition coefficient (Wildman–Crippen LogP) is 2.99. The molecule has 8 nitrogen and oxygen atoms in total. The third-order valence-electron chi connectivity index (χ3n) is 5.80. The molecule has 1 N–H and O–H groups in total. The molecule has 0 aliphatic carbocycles. The number of nitrogens with zero attached hydrogens (tertiary/aromatic N) is 4. The monoisotopic (exact) mass is 457 g/mol. The van der Waals surface area contributed by atoms with Gasteiger partial charge in [0.1, 0.15) is 12.4 Å². The van der Waals surface area contributed by atoms with Crippen LogP contribution in [0.5, 0.6) is 5.75 Å². The molecule has 0 unspecified atom stereocenters. The van der Waals surface area contributed by atoms with Crippen LogP contribution in [0, 0.1) is 0 Å². The summed E-state index contributed by atoms with van der Waals surface area (Å²) in [6.45, 7) is 3.90. The number of carbonyl (C=O) groups is 1. The van der Waals surface area contributed by atoms with Gasteiger partial charge in [-0.15, -0.1) is 10.2 Å². The molecule has 1 fully saturated rings. The molecule has 4 aromatic rings. The third-order valence-corrected chi connectivity index (χ3v) is 5.80. The molecule has 0 atom stereocenters. The van der Waals surface area contributed by atoms with Crippen LogP contribution in [-0.4, -0.2) is 60.1 Å². The molecule has 2 aromatic heterocycles. The molecule has 0 saturated carbocycles. The molecule has 2 aromatic carbocycles. The first-order valence-electron chi connectivity index (χ1n) is 11.5. The Hall–Kier alpha value is -3.91. The van der Waals surface area contributed by atoms with Crippen LogP contribution in [0.15, 0.2) is 72.9 Å². The van der Waals surface area contributed by atoms with Crippen LogP contribution < -0.4 is 15.0 Å². The zero-order valence-corrected chi connectivity index (χ0v) is 18.9. The molecular weight excluding hydrogens is 430 g/mol. The number of anilines is 1. The minimum absolute atomic E-state index is 0.0479. The number of ether oxygens (including phenoxy) is 2. The summed E-state index contributed by atoms with van der Waals surface area (Å²) in [7, 11) is 0. The average molecular weight is 458 g/mol. The second kappa shape index (κ2) is 10.4. The molecular formula is C26H27N5O3. The molecule has 8 heteroatoms. The van der Waals surface area contributed by atoms with Crippen molar-refractivity contribution in [2.24, 2.45) is 0 Å². The Morgan fingerprint density at radius 3 is 2.47 bits per heavy atom. The van der Waals surface area contributed by atoms with Gasteiger partial charge in [-0.1, -0.05) is 36.4 Å². The minimum atomic E-state index is -0.0479. The largest absolute Gasteiger partial charge is 0.492 e. The molecule has 1 aliphatic rings. The summed E-state index contributed by atoms with van der Waals surface area (Å²) in [5.74, 6) is 2.31. The van der Waals surface area contributed by atoms with Gasteiger partial charge >= 0.3 is 0 Å². The summed E-state index contributed by atoms with van der Waals surface area (Å²) in [6.07, 6.45) is 2.25. The Labute approximate surface area is 198 Å². The van der Waals surface area contributed by atoms with Gasteiger partial charge in [0.05, 0.1) is 31.7 Å². The van der Waals surface area contributed by atoms with Gasteiger partial charge < -0.3 is 19.7 Å². The van der Waals surface area contributed by atoms with Gasteiger partial charge in [0.25, 0.3) is 0 Å². The number of carbonyl (C=O) groups excluding carboxylic acids is 1. The van der Waals surface area contributed by atoms with Crippen molar-refractivity contribution in [2.45, 2.75) is 6.42 Å². The number of rotatable bonds is 8. The first-order chi connectivity index (χ1) is 16.8. The number of hydrogen-bond acceptors (Lipinski definition) is 6. The molecule has 0 bridgehead atoms. The van der Waals surface area contributed by atoms with E-state index >= 15 is 0 Å². The molecule has 3 heterocycles. The van der Waals surface area contributed by atoms with Gasteiger partial charge in [-0.25, -0.2) is 0 Å². The highest BCUT2D eigenvalue weighted by atomic mass is 16.5. The first-order valence-corrected chi connectivity index (χ1v) is 11.5. The Bertz CT molecular complexity index is 1230. The standard InChI is InChI=1S/C26H27N5O3/c32-26(27-12-15-34-21-6-2-1-3-7-21)18-20-19-31(23-9-5-4-8-22(20)23)25-11-10-24(28-29-25)30-13-16-33-17-14-30/h1-11,19H,12-18H2,(H,27,32). The maximum Gasteiger partial charge on any atom is 0.224 e. The highest BCUT2D eigenvalue weighted by Gasteiger charge is 2.16. The number of benzene rings is 2. The van der Waals surface area contributed by atoms with Crippen LogP contribution in [0.25, 0.3) is 16.7 Å². The maximum atomic E-state index is 12.6. The summed E-state index contributed by atoms with van der Waals surface area (Å²) in [4.78, 5) is 14.8. The van der Waals surface area contributed by atoms with Crippen molar-refractivity contribution < 1.29 is 14.3 Å². The molecule has 1 saturated heterocycles. The lowest BCUT2D eigenvalue weighted by Gasteiger charge is -2.27. The summed E-state index contributed by atoms with van der Waals surface area (Å²) < 4.78 is 13.1. The fraction of sp³-hybridized carbons (Fsp3) is 0.269. The van der Waals surface area contributed by atoms with Crippen molar-refractivity contribution in [1.82, 2.24) is 20.1 Å². The van der Waals surface area contributed by atoms with E-state index in [-0.39, 0.29) is 12.3 Å². The quantitative estimate of drug-likeness (QED) is 0.410. The van der Waals surface area contributed by atoms with Crippen LogP contribution in [0.3, 0.4) is 0 Å². The summed E-state index contributed by atoms with van der Waals surface area (Å²) in [5.41, 5.74) is 1.93. The summed E-state index contributed by atoms with van der Waals surface area (Å²) in [5, 5.41) is 12.9. The second-order valence-corrected chi connectivity index (χ2v) is 8.08. The topological polar surface area (TPSA) is 81.5 Å². The van der Waals surface area contributed by atoms with Gasteiger partial charge in [0, 0.05) is 24.7 Å². The minimum Gasteiger partial charge on any atom is -0.492 e. The van der Waals surface area contributed by atoms with Crippen LogP contribution in [-0.2, 0) is 16.0 Å². The number of fused-ring (bicyclic) bond motifs is 1. The number of para-hydroxylation sites is 2. The number of hydrogen-bond donors (Lipinski definition) is 1. The molecule has 1 amide bonds. The van der Waals surface area contributed by atoms with E-state index in [2.05, 4.69) is 20.4 Å². The second-order valence-electron chi connectivity index (χ2n) is 8.08. The first kappa shape index (κ1) is 21.9. The number of aromatic nitrogens is 3. The predicted molar refractivity (Wildman–Crippen MR) is 131 cm³/mol. The van der Waals surface area contributed by atoms with Crippen LogP contribution in [0.2, 0.25) is 0 Å². The molecule has 34 heavy (non-hydrogen) atoms. The normalized spacial score (nSPS) is 13.7. The Balaban J connectivity index is 1.26. The van der Waals surface area contributed by atoms with E-state index in [1.165, 1.54) is 0 Å². The molecule has 5 rings (SSSR count). The molecule has 0 spiro atoms. The smallest absolute Gasteiger partial charge is 0.224 e. The number of nitrogens with one attached hydrogen (secondary N) is 1. The molecule has 0 radical (unpaired) electrons. The number of amides is 1. The van der Waals surface area contributed by atoms with Crippen LogP contribution in [0.1, 0.15) is 5.56 Å². The third kappa shape index (κ3) is 5.02. The van der Waals surface area contributed by atoms with Crippen LogP contribution in [0.4, 0.5) is 5.82 Å². The van der Waals surface area contributed by atoms with E-state index in [0.29, 0.717) is 26.4 Å². The van der Waals surface area contributed by atoms with Crippen molar-refractivity contribution in [2.75, 3.05) is 44.4 Å². The zero-order valence-electron chi connectivity index (χ0n) is 18.9. The van der Waals surface area contributed by atoms with Crippen LogP contribution >= 0.6 is 0 Å². The Morgan fingerprint density at radius 2 is 1.68 bits per heavy atom. The average Bonchev–Trinajstić information content (AvgIpc) is 3.26. The van der Waals surface area contributed by atoms with Gasteiger partial charge in [-0.2, -0.15) is 0 Å².